The lowest BCUT2D eigenvalue weighted by Gasteiger charge is -2.11. The predicted octanol–water partition coefficient (Wildman–Crippen LogP) is 4.04. The third kappa shape index (κ3) is 4.83. The van der Waals surface area contributed by atoms with Crippen LogP contribution < -0.4 is 10.2 Å². The number of carbonyl (C=O) groups excluding carboxylic acids is 2. The van der Waals surface area contributed by atoms with Crippen molar-refractivity contribution in [3.63, 3.8) is 0 Å². The fraction of sp³-hybridized carbons (Fsp3) is 0.208. The second kappa shape index (κ2) is 9.75. The van der Waals surface area contributed by atoms with Crippen molar-refractivity contribution < 1.29 is 19.1 Å². The van der Waals surface area contributed by atoms with Gasteiger partial charge in [-0.3, -0.25) is 4.79 Å². The Hall–Kier alpha value is -3.87. The lowest BCUT2D eigenvalue weighted by atomic mass is 10.2. The van der Waals surface area contributed by atoms with Crippen molar-refractivity contribution in [3.8, 4) is 11.4 Å². The fourth-order valence-corrected chi connectivity index (χ4v) is 3.35. The second-order valence-electron chi connectivity index (χ2n) is 6.83. The first-order chi connectivity index (χ1) is 15.0. The first-order valence-electron chi connectivity index (χ1n) is 9.89. The molecule has 160 valence electrons. The van der Waals surface area contributed by atoms with Crippen molar-refractivity contribution in [2.24, 2.45) is 5.10 Å². The molecule has 1 amide bonds. The quantitative estimate of drug-likeness (QED) is 0.356. The molecule has 1 heterocycles. The molecule has 0 bridgehead atoms. The molecule has 0 aliphatic carbocycles. The van der Waals surface area contributed by atoms with Gasteiger partial charge in [-0.25, -0.2) is 10.2 Å². The van der Waals surface area contributed by atoms with Crippen molar-refractivity contribution >= 4 is 18.1 Å². The Bertz CT molecular complexity index is 1130. The molecule has 0 unspecified atom stereocenters. The fourth-order valence-electron chi connectivity index (χ4n) is 3.35. The van der Waals surface area contributed by atoms with Crippen LogP contribution in [0.5, 0.6) is 5.75 Å². The molecular weight excluding hydrogens is 394 g/mol. The van der Waals surface area contributed by atoms with Gasteiger partial charge in [0.1, 0.15) is 5.75 Å². The number of carbonyl (C=O) groups is 2. The maximum absolute atomic E-state index is 12.4. The van der Waals surface area contributed by atoms with Crippen LogP contribution in [0.4, 0.5) is 0 Å². The molecule has 31 heavy (non-hydrogen) atoms. The van der Waals surface area contributed by atoms with Crippen molar-refractivity contribution in [1.29, 1.82) is 0 Å². The van der Waals surface area contributed by atoms with Crippen molar-refractivity contribution in [1.82, 2.24) is 9.99 Å². The number of hydrogen-bond donors (Lipinski definition) is 1. The molecule has 7 nitrogen and oxygen atoms in total. The van der Waals surface area contributed by atoms with Gasteiger partial charge < -0.3 is 14.0 Å². The van der Waals surface area contributed by atoms with Gasteiger partial charge in [-0.1, -0.05) is 18.2 Å². The summed E-state index contributed by atoms with van der Waals surface area (Å²) >= 11 is 0. The van der Waals surface area contributed by atoms with E-state index in [2.05, 4.69) is 10.5 Å². The SMILES string of the molecule is CCOC(=O)c1cccc(-n2c(C)cc(/C=N\NC(=O)c3ccccc3OC)c2C)c1. The summed E-state index contributed by atoms with van der Waals surface area (Å²) in [7, 11) is 1.52. The van der Waals surface area contributed by atoms with Gasteiger partial charge >= 0.3 is 5.97 Å². The van der Waals surface area contributed by atoms with Gasteiger partial charge in [0.05, 0.1) is 31.1 Å². The molecule has 1 N–H and O–H groups in total. The summed E-state index contributed by atoms with van der Waals surface area (Å²) in [6.45, 7) is 6.02. The zero-order chi connectivity index (χ0) is 22.4. The van der Waals surface area contributed by atoms with Crippen LogP contribution >= 0.6 is 0 Å². The number of hydrazone groups is 1. The van der Waals surface area contributed by atoms with Gasteiger partial charge in [0, 0.05) is 22.6 Å². The summed E-state index contributed by atoms with van der Waals surface area (Å²) in [5.41, 5.74) is 7.02. The third-order valence-electron chi connectivity index (χ3n) is 4.81. The molecular formula is C24H25N3O4. The molecule has 0 aliphatic heterocycles. The van der Waals surface area contributed by atoms with E-state index in [9.17, 15) is 9.59 Å². The molecule has 1 aromatic heterocycles. The Balaban J connectivity index is 1.81. The molecule has 0 saturated carbocycles. The monoisotopic (exact) mass is 419 g/mol. The van der Waals surface area contributed by atoms with Gasteiger partial charge in [-0.2, -0.15) is 5.10 Å². The van der Waals surface area contributed by atoms with Crippen LogP contribution in [-0.4, -0.2) is 36.4 Å². The largest absolute Gasteiger partial charge is 0.496 e. The molecule has 3 aromatic rings. The minimum atomic E-state index is -0.357. The summed E-state index contributed by atoms with van der Waals surface area (Å²) in [6.07, 6.45) is 1.60. The minimum absolute atomic E-state index is 0.325. The van der Waals surface area contributed by atoms with Gasteiger partial charge in [-0.05, 0) is 57.2 Å². The first-order valence-corrected chi connectivity index (χ1v) is 9.89. The zero-order valence-corrected chi connectivity index (χ0v) is 18.0. The number of rotatable bonds is 7. The second-order valence-corrected chi connectivity index (χ2v) is 6.83. The van der Waals surface area contributed by atoms with Crippen LogP contribution in [-0.2, 0) is 4.74 Å². The molecule has 3 rings (SSSR count). The van der Waals surface area contributed by atoms with Crippen LogP contribution in [0.15, 0.2) is 59.7 Å². The summed E-state index contributed by atoms with van der Waals surface area (Å²) in [5, 5.41) is 4.10. The van der Waals surface area contributed by atoms with E-state index in [4.69, 9.17) is 9.47 Å². The van der Waals surface area contributed by atoms with E-state index in [1.165, 1.54) is 7.11 Å². The standard InChI is InChI=1S/C24H25N3O4/c1-5-31-24(29)18-9-8-10-20(14-18)27-16(2)13-19(17(27)3)15-25-26-23(28)21-11-6-7-12-22(21)30-4/h6-15H,5H2,1-4H3,(H,26,28)/b25-15-. The summed E-state index contributed by atoms with van der Waals surface area (Å²) < 4.78 is 12.3. The maximum Gasteiger partial charge on any atom is 0.338 e. The Morgan fingerprint density at radius 1 is 1.10 bits per heavy atom. The number of ether oxygens (including phenoxy) is 2. The average molecular weight is 419 g/mol. The first kappa shape index (κ1) is 21.8. The Morgan fingerprint density at radius 2 is 1.87 bits per heavy atom. The van der Waals surface area contributed by atoms with Crippen LogP contribution in [0.3, 0.4) is 0 Å². The number of methoxy groups -OCH3 is 1. The number of nitrogens with one attached hydrogen (secondary N) is 1. The van der Waals surface area contributed by atoms with E-state index in [1.54, 1.807) is 49.5 Å². The Labute approximate surface area is 181 Å². The van der Waals surface area contributed by atoms with Gasteiger partial charge in [0.2, 0.25) is 0 Å². The molecule has 0 spiro atoms. The van der Waals surface area contributed by atoms with E-state index in [-0.39, 0.29) is 11.9 Å². The van der Waals surface area contributed by atoms with Gasteiger partial charge in [0.15, 0.2) is 0 Å². The van der Waals surface area contributed by atoms with Crippen LogP contribution in [0, 0.1) is 13.8 Å². The molecule has 0 fully saturated rings. The number of para-hydroxylation sites is 1. The maximum atomic E-state index is 12.4. The highest BCUT2D eigenvalue weighted by atomic mass is 16.5. The molecule has 0 saturated heterocycles. The summed E-state index contributed by atoms with van der Waals surface area (Å²) in [6, 6.07) is 16.2. The van der Waals surface area contributed by atoms with E-state index >= 15 is 0 Å². The van der Waals surface area contributed by atoms with Gasteiger partial charge in [0.25, 0.3) is 5.91 Å². The summed E-state index contributed by atoms with van der Waals surface area (Å²) in [5.74, 6) is -0.229. The Morgan fingerprint density at radius 3 is 2.61 bits per heavy atom. The van der Waals surface area contributed by atoms with Crippen LogP contribution in [0.2, 0.25) is 0 Å². The highest BCUT2D eigenvalue weighted by Crippen LogP contribution is 2.21. The number of hydrogen-bond acceptors (Lipinski definition) is 5. The van der Waals surface area contributed by atoms with E-state index in [0.717, 1.165) is 22.6 Å². The lowest BCUT2D eigenvalue weighted by Crippen LogP contribution is -2.18. The molecule has 0 aliphatic rings. The number of nitrogens with zero attached hydrogens (tertiary/aromatic N) is 2. The molecule has 0 atom stereocenters. The number of esters is 1. The number of benzene rings is 2. The van der Waals surface area contributed by atoms with Crippen LogP contribution in [0.25, 0.3) is 5.69 Å². The van der Waals surface area contributed by atoms with Gasteiger partial charge in [-0.15, -0.1) is 0 Å². The van der Waals surface area contributed by atoms with Crippen LogP contribution in [0.1, 0.15) is 44.6 Å². The summed E-state index contributed by atoms with van der Waals surface area (Å²) in [4.78, 5) is 24.5. The Kier molecular flexibility index (Phi) is 6.87. The lowest BCUT2D eigenvalue weighted by molar-refractivity contribution is 0.0526. The molecule has 7 heteroatoms. The highest BCUT2D eigenvalue weighted by Gasteiger charge is 2.13. The molecule has 0 radical (unpaired) electrons. The predicted molar refractivity (Wildman–Crippen MR) is 119 cm³/mol. The minimum Gasteiger partial charge on any atom is -0.496 e. The topological polar surface area (TPSA) is 81.9 Å². The highest BCUT2D eigenvalue weighted by molar-refractivity contribution is 5.97. The zero-order valence-electron chi connectivity index (χ0n) is 18.0. The van der Waals surface area contributed by atoms with E-state index in [1.807, 2.05) is 36.6 Å². The third-order valence-corrected chi connectivity index (χ3v) is 4.81. The van der Waals surface area contributed by atoms with Crippen molar-refractivity contribution in [2.75, 3.05) is 13.7 Å². The van der Waals surface area contributed by atoms with E-state index in [0.29, 0.717) is 23.5 Å². The smallest absolute Gasteiger partial charge is 0.338 e. The molecule has 2 aromatic carbocycles. The van der Waals surface area contributed by atoms with Crippen molar-refractivity contribution in [2.45, 2.75) is 20.8 Å². The number of amides is 1. The number of aryl methyl sites for hydroxylation is 1. The number of aromatic nitrogens is 1. The van der Waals surface area contributed by atoms with Crippen molar-refractivity contribution in [3.05, 3.63) is 82.7 Å². The van der Waals surface area contributed by atoms with E-state index < -0.39 is 0 Å². The normalized spacial score (nSPS) is 10.8. The average Bonchev–Trinajstić information content (AvgIpc) is 3.06.